The van der Waals surface area contributed by atoms with E-state index in [4.69, 9.17) is 14.7 Å². The highest BCUT2D eigenvalue weighted by Crippen LogP contribution is 2.55. The minimum Gasteiger partial charge on any atom is -0.457 e. The van der Waals surface area contributed by atoms with E-state index in [0.29, 0.717) is 0 Å². The summed E-state index contributed by atoms with van der Waals surface area (Å²) >= 11 is 0. The Morgan fingerprint density at radius 3 is 1.37 bits per heavy atom. The molecule has 1 aliphatic heterocycles. The maximum atomic E-state index is 6.47. The maximum Gasteiger partial charge on any atom is 0.132 e. The fourth-order valence-electron chi connectivity index (χ4n) is 7.06. The van der Waals surface area contributed by atoms with E-state index in [0.717, 1.165) is 66.9 Å². The van der Waals surface area contributed by atoms with Crippen LogP contribution < -0.4 is 4.74 Å². The SMILES string of the molecule is c1ccc(-c2ccc3ccc4ccc(-c5ccc(C6(c7ccccc7)c7ccccc7Oc7ccccc76)cc5)nc4c3n2)cc1. The van der Waals surface area contributed by atoms with Gasteiger partial charge in [0.25, 0.3) is 0 Å². The van der Waals surface area contributed by atoms with E-state index in [2.05, 4.69) is 140 Å². The second kappa shape index (κ2) is 10.5. The molecule has 0 saturated carbocycles. The van der Waals surface area contributed by atoms with Gasteiger partial charge in [0.2, 0.25) is 0 Å². The second-order valence-corrected chi connectivity index (χ2v) is 11.8. The van der Waals surface area contributed by atoms with Gasteiger partial charge in [-0.15, -0.1) is 0 Å². The molecule has 6 aromatic carbocycles. The first-order valence-electron chi connectivity index (χ1n) is 15.6. The zero-order chi connectivity index (χ0) is 30.5. The van der Waals surface area contributed by atoms with Crippen LogP contribution >= 0.6 is 0 Å². The molecule has 216 valence electrons. The average Bonchev–Trinajstić information content (AvgIpc) is 3.14. The summed E-state index contributed by atoms with van der Waals surface area (Å²) in [6, 6.07) is 59.5. The Kier molecular flexibility index (Phi) is 6.04. The van der Waals surface area contributed by atoms with Crippen molar-refractivity contribution in [2.75, 3.05) is 0 Å². The van der Waals surface area contributed by atoms with Gasteiger partial charge in [0.1, 0.15) is 11.5 Å². The molecule has 46 heavy (non-hydrogen) atoms. The zero-order valence-corrected chi connectivity index (χ0v) is 25.0. The number of para-hydroxylation sites is 2. The van der Waals surface area contributed by atoms with E-state index in [1.807, 2.05) is 30.3 Å². The molecule has 2 aromatic heterocycles. The molecule has 0 fully saturated rings. The van der Waals surface area contributed by atoms with Crippen molar-refractivity contribution in [1.29, 1.82) is 0 Å². The predicted octanol–water partition coefficient (Wildman–Crippen LogP) is 10.6. The van der Waals surface area contributed by atoms with Gasteiger partial charge in [0.05, 0.1) is 27.8 Å². The average molecular weight is 589 g/mol. The smallest absolute Gasteiger partial charge is 0.132 e. The molecule has 0 saturated heterocycles. The van der Waals surface area contributed by atoms with Crippen LogP contribution in [0.2, 0.25) is 0 Å². The van der Waals surface area contributed by atoms with Crippen LogP contribution in [0, 0.1) is 0 Å². The van der Waals surface area contributed by atoms with Gasteiger partial charge in [-0.2, -0.15) is 0 Å². The summed E-state index contributed by atoms with van der Waals surface area (Å²) < 4.78 is 6.47. The summed E-state index contributed by atoms with van der Waals surface area (Å²) in [5.74, 6) is 1.75. The Balaban J connectivity index is 1.21. The predicted molar refractivity (Wildman–Crippen MR) is 186 cm³/mol. The van der Waals surface area contributed by atoms with Gasteiger partial charge in [-0.05, 0) is 35.4 Å². The number of aromatic nitrogens is 2. The van der Waals surface area contributed by atoms with Crippen molar-refractivity contribution in [3.8, 4) is 34.0 Å². The Morgan fingerprint density at radius 1 is 0.370 bits per heavy atom. The fraction of sp³-hybridized carbons (Fsp3) is 0.0233. The third-order valence-corrected chi connectivity index (χ3v) is 9.21. The Labute approximate surface area is 267 Å². The van der Waals surface area contributed by atoms with Gasteiger partial charge in [0.15, 0.2) is 0 Å². The number of pyridine rings is 2. The van der Waals surface area contributed by atoms with Gasteiger partial charge in [0, 0.05) is 33.0 Å². The number of nitrogens with zero attached hydrogens (tertiary/aromatic N) is 2. The van der Waals surface area contributed by atoms with Crippen molar-refractivity contribution in [1.82, 2.24) is 9.97 Å². The molecule has 0 aliphatic carbocycles. The molecule has 0 unspecified atom stereocenters. The number of ether oxygens (including phenoxy) is 1. The van der Waals surface area contributed by atoms with Crippen molar-refractivity contribution in [2.24, 2.45) is 0 Å². The molecule has 0 radical (unpaired) electrons. The molecule has 8 aromatic rings. The minimum atomic E-state index is -0.546. The topological polar surface area (TPSA) is 35.0 Å². The normalized spacial score (nSPS) is 13.1. The summed E-state index contributed by atoms with van der Waals surface area (Å²) in [7, 11) is 0. The van der Waals surface area contributed by atoms with Crippen LogP contribution in [0.3, 0.4) is 0 Å². The molecule has 0 atom stereocenters. The van der Waals surface area contributed by atoms with Crippen LogP contribution in [0.1, 0.15) is 22.3 Å². The van der Waals surface area contributed by atoms with Crippen LogP contribution in [0.5, 0.6) is 11.5 Å². The number of hydrogen-bond acceptors (Lipinski definition) is 3. The van der Waals surface area contributed by atoms with Gasteiger partial charge in [-0.25, -0.2) is 9.97 Å². The third-order valence-electron chi connectivity index (χ3n) is 9.21. The summed E-state index contributed by atoms with van der Waals surface area (Å²) in [6.07, 6.45) is 0. The minimum absolute atomic E-state index is 0.546. The number of benzene rings is 6. The van der Waals surface area contributed by atoms with Crippen LogP contribution in [0.15, 0.2) is 170 Å². The number of hydrogen-bond donors (Lipinski definition) is 0. The molecule has 0 bridgehead atoms. The Bertz CT molecular complexity index is 2340. The van der Waals surface area contributed by atoms with E-state index >= 15 is 0 Å². The first-order chi connectivity index (χ1) is 22.8. The molecule has 0 amide bonds. The Morgan fingerprint density at radius 2 is 0.804 bits per heavy atom. The van der Waals surface area contributed by atoms with Gasteiger partial charge < -0.3 is 4.74 Å². The molecule has 0 spiro atoms. The van der Waals surface area contributed by atoms with Crippen LogP contribution in [0.4, 0.5) is 0 Å². The van der Waals surface area contributed by atoms with Gasteiger partial charge in [-0.1, -0.05) is 146 Å². The lowest BCUT2D eigenvalue weighted by molar-refractivity contribution is 0.434. The molecule has 3 heterocycles. The molecule has 9 rings (SSSR count). The lowest BCUT2D eigenvalue weighted by Gasteiger charge is -2.41. The molecular weight excluding hydrogens is 560 g/mol. The van der Waals surface area contributed by atoms with E-state index in [-0.39, 0.29) is 0 Å². The summed E-state index contributed by atoms with van der Waals surface area (Å²) in [5, 5.41) is 2.15. The van der Waals surface area contributed by atoms with E-state index in [1.165, 1.54) is 11.1 Å². The molecule has 0 N–H and O–H groups in total. The van der Waals surface area contributed by atoms with Crippen molar-refractivity contribution >= 4 is 21.8 Å². The number of rotatable bonds is 4. The summed E-state index contributed by atoms with van der Waals surface area (Å²) in [4.78, 5) is 10.3. The zero-order valence-electron chi connectivity index (χ0n) is 25.0. The van der Waals surface area contributed by atoms with Crippen LogP contribution in [-0.2, 0) is 5.41 Å². The molecule has 3 nitrogen and oxygen atoms in total. The van der Waals surface area contributed by atoms with Crippen molar-refractivity contribution in [3.05, 3.63) is 192 Å². The van der Waals surface area contributed by atoms with E-state index < -0.39 is 5.41 Å². The number of fused-ring (bicyclic) bond motifs is 5. The summed E-state index contributed by atoms with van der Waals surface area (Å²) in [6.45, 7) is 0. The molecule has 1 aliphatic rings. The van der Waals surface area contributed by atoms with Crippen molar-refractivity contribution in [2.45, 2.75) is 5.41 Å². The fourth-order valence-corrected chi connectivity index (χ4v) is 7.06. The largest absolute Gasteiger partial charge is 0.457 e. The standard InChI is InChI=1S/C43H28N2O/c1-3-11-29(12-4-1)37-27-23-31-19-20-32-24-28-38(45-42(32)41(31)44-37)30-21-25-34(26-22-30)43(33-13-5-2-6-14-33)35-15-7-9-17-39(35)46-40-18-10-8-16-36(40)43/h1-28H. The lowest BCUT2D eigenvalue weighted by atomic mass is 9.63. The van der Waals surface area contributed by atoms with Crippen molar-refractivity contribution < 1.29 is 4.74 Å². The van der Waals surface area contributed by atoms with Crippen LogP contribution in [-0.4, -0.2) is 9.97 Å². The monoisotopic (exact) mass is 588 g/mol. The highest BCUT2D eigenvalue weighted by Gasteiger charge is 2.45. The van der Waals surface area contributed by atoms with E-state index in [1.54, 1.807) is 0 Å². The Hall–Kier alpha value is -6.06. The first kappa shape index (κ1) is 26.4. The first-order valence-corrected chi connectivity index (χ1v) is 15.6. The maximum absolute atomic E-state index is 6.47. The summed E-state index contributed by atoms with van der Waals surface area (Å²) in [5.41, 5.74) is 9.91. The second-order valence-electron chi connectivity index (χ2n) is 11.8. The van der Waals surface area contributed by atoms with Crippen LogP contribution in [0.25, 0.3) is 44.3 Å². The lowest BCUT2D eigenvalue weighted by Crippen LogP contribution is -2.34. The highest BCUT2D eigenvalue weighted by atomic mass is 16.5. The highest BCUT2D eigenvalue weighted by molar-refractivity contribution is 6.04. The third kappa shape index (κ3) is 4.06. The molecule has 3 heteroatoms. The van der Waals surface area contributed by atoms with E-state index in [9.17, 15) is 0 Å². The molecular formula is C43H28N2O. The van der Waals surface area contributed by atoms with Gasteiger partial charge in [-0.3, -0.25) is 0 Å². The van der Waals surface area contributed by atoms with Crippen molar-refractivity contribution in [3.63, 3.8) is 0 Å². The van der Waals surface area contributed by atoms with Gasteiger partial charge >= 0.3 is 0 Å². The quantitative estimate of drug-likeness (QED) is 0.192.